The molecule has 0 spiro atoms. The minimum Gasteiger partial charge on any atom is -0.313 e. The Kier molecular flexibility index (Phi) is 7.92. The maximum absolute atomic E-state index is 3.73. The SMILES string of the molecule is CCCCN(CC1CC(CC)CCN1)C(C)CC. The minimum absolute atomic E-state index is 0.731. The van der Waals surface area contributed by atoms with Crippen LogP contribution in [0.1, 0.15) is 66.2 Å². The topological polar surface area (TPSA) is 15.3 Å². The molecule has 0 aromatic heterocycles. The fourth-order valence-corrected chi connectivity index (χ4v) is 3.00. The van der Waals surface area contributed by atoms with E-state index in [2.05, 4.69) is 37.9 Å². The molecule has 0 aromatic rings. The largest absolute Gasteiger partial charge is 0.313 e. The molecule has 0 saturated carbocycles. The van der Waals surface area contributed by atoms with Crippen LogP contribution in [0.5, 0.6) is 0 Å². The molecule has 1 N–H and O–H groups in total. The monoisotopic (exact) mass is 254 g/mol. The average Bonchev–Trinajstić information content (AvgIpc) is 2.42. The third-order valence-corrected chi connectivity index (χ3v) is 4.65. The maximum Gasteiger partial charge on any atom is 0.0197 e. The predicted molar refractivity (Wildman–Crippen MR) is 81.0 cm³/mol. The molecular formula is C16H34N2. The Balaban J connectivity index is 2.43. The highest BCUT2D eigenvalue weighted by molar-refractivity contribution is 4.82. The molecule has 2 heteroatoms. The van der Waals surface area contributed by atoms with E-state index in [9.17, 15) is 0 Å². The molecule has 18 heavy (non-hydrogen) atoms. The number of piperidine rings is 1. The van der Waals surface area contributed by atoms with Crippen LogP contribution in [0.25, 0.3) is 0 Å². The Bertz CT molecular complexity index is 205. The van der Waals surface area contributed by atoms with Crippen molar-refractivity contribution < 1.29 is 0 Å². The van der Waals surface area contributed by atoms with Gasteiger partial charge in [-0.05, 0) is 51.6 Å². The van der Waals surface area contributed by atoms with Gasteiger partial charge in [-0.3, -0.25) is 4.90 Å². The Labute approximate surface area is 115 Å². The summed E-state index contributed by atoms with van der Waals surface area (Å²) in [6, 6.07) is 1.47. The fraction of sp³-hybridized carbons (Fsp3) is 1.00. The highest BCUT2D eigenvalue weighted by atomic mass is 15.2. The van der Waals surface area contributed by atoms with Gasteiger partial charge in [-0.1, -0.05) is 33.6 Å². The molecule has 1 aliphatic heterocycles. The summed E-state index contributed by atoms with van der Waals surface area (Å²) < 4.78 is 0. The molecule has 3 unspecified atom stereocenters. The van der Waals surface area contributed by atoms with Crippen LogP contribution in [-0.2, 0) is 0 Å². The Morgan fingerprint density at radius 2 is 2.06 bits per heavy atom. The van der Waals surface area contributed by atoms with Crippen LogP contribution in [0.15, 0.2) is 0 Å². The zero-order valence-corrected chi connectivity index (χ0v) is 13.0. The molecule has 2 nitrogen and oxygen atoms in total. The Morgan fingerprint density at radius 3 is 2.67 bits per heavy atom. The van der Waals surface area contributed by atoms with Crippen molar-refractivity contribution >= 4 is 0 Å². The second kappa shape index (κ2) is 8.92. The summed E-state index contributed by atoms with van der Waals surface area (Å²) in [4.78, 5) is 2.71. The summed E-state index contributed by atoms with van der Waals surface area (Å²) in [6.45, 7) is 13.1. The van der Waals surface area contributed by atoms with Crippen molar-refractivity contribution in [1.82, 2.24) is 10.2 Å². The Morgan fingerprint density at radius 1 is 1.28 bits per heavy atom. The van der Waals surface area contributed by atoms with E-state index >= 15 is 0 Å². The number of unbranched alkanes of at least 4 members (excludes halogenated alkanes) is 1. The first-order valence-electron chi connectivity index (χ1n) is 8.18. The minimum atomic E-state index is 0.731. The number of hydrogen-bond acceptors (Lipinski definition) is 2. The maximum atomic E-state index is 3.73. The van der Waals surface area contributed by atoms with Crippen molar-refractivity contribution in [2.24, 2.45) is 5.92 Å². The first-order valence-corrected chi connectivity index (χ1v) is 8.18. The highest BCUT2D eigenvalue weighted by Crippen LogP contribution is 2.20. The van der Waals surface area contributed by atoms with Crippen LogP contribution in [0, 0.1) is 5.92 Å². The van der Waals surface area contributed by atoms with E-state index in [1.165, 1.54) is 58.2 Å². The molecule has 1 rings (SSSR count). The van der Waals surface area contributed by atoms with Crippen molar-refractivity contribution in [1.29, 1.82) is 0 Å². The third kappa shape index (κ3) is 5.27. The quantitative estimate of drug-likeness (QED) is 0.711. The molecule has 0 amide bonds. The lowest BCUT2D eigenvalue weighted by Crippen LogP contribution is -2.48. The van der Waals surface area contributed by atoms with Crippen molar-refractivity contribution in [3.05, 3.63) is 0 Å². The molecule has 108 valence electrons. The summed E-state index contributed by atoms with van der Waals surface area (Å²) in [7, 11) is 0. The molecule has 1 aliphatic rings. The molecular weight excluding hydrogens is 220 g/mol. The summed E-state index contributed by atoms with van der Waals surface area (Å²) >= 11 is 0. The van der Waals surface area contributed by atoms with E-state index in [-0.39, 0.29) is 0 Å². The smallest absolute Gasteiger partial charge is 0.0197 e. The number of hydrogen-bond donors (Lipinski definition) is 1. The van der Waals surface area contributed by atoms with Crippen molar-refractivity contribution in [3.63, 3.8) is 0 Å². The molecule has 1 fully saturated rings. The van der Waals surface area contributed by atoms with Crippen LogP contribution >= 0.6 is 0 Å². The summed E-state index contributed by atoms with van der Waals surface area (Å²) in [5.41, 5.74) is 0. The number of nitrogens with one attached hydrogen (secondary N) is 1. The molecule has 0 radical (unpaired) electrons. The van der Waals surface area contributed by atoms with Gasteiger partial charge in [-0.25, -0.2) is 0 Å². The summed E-state index contributed by atoms with van der Waals surface area (Å²) in [6.07, 6.45) is 8.04. The lowest BCUT2D eigenvalue weighted by atomic mass is 9.90. The van der Waals surface area contributed by atoms with Crippen LogP contribution in [0.3, 0.4) is 0 Å². The molecule has 3 atom stereocenters. The predicted octanol–water partition coefficient (Wildman–Crippen LogP) is 3.67. The van der Waals surface area contributed by atoms with Gasteiger partial charge in [0.05, 0.1) is 0 Å². The van der Waals surface area contributed by atoms with Gasteiger partial charge in [0.2, 0.25) is 0 Å². The van der Waals surface area contributed by atoms with E-state index < -0.39 is 0 Å². The lowest BCUT2D eigenvalue weighted by Gasteiger charge is -2.36. The van der Waals surface area contributed by atoms with Gasteiger partial charge in [0.15, 0.2) is 0 Å². The van der Waals surface area contributed by atoms with Crippen LogP contribution in [0.2, 0.25) is 0 Å². The van der Waals surface area contributed by atoms with Gasteiger partial charge in [0.25, 0.3) is 0 Å². The van der Waals surface area contributed by atoms with Gasteiger partial charge >= 0.3 is 0 Å². The second-order valence-corrected chi connectivity index (χ2v) is 6.06. The van der Waals surface area contributed by atoms with Crippen LogP contribution in [-0.4, -0.2) is 36.6 Å². The van der Waals surface area contributed by atoms with Crippen LogP contribution in [0.4, 0.5) is 0 Å². The molecule has 1 heterocycles. The normalized spacial score (nSPS) is 26.5. The van der Waals surface area contributed by atoms with E-state index in [0.29, 0.717) is 0 Å². The fourth-order valence-electron chi connectivity index (χ4n) is 3.00. The van der Waals surface area contributed by atoms with Gasteiger partial charge < -0.3 is 5.32 Å². The average molecular weight is 254 g/mol. The standard InChI is InChI=1S/C16H34N2/c1-5-8-11-18(14(4)6-2)13-16-12-15(7-3)9-10-17-16/h14-17H,5-13H2,1-4H3. The van der Waals surface area contributed by atoms with E-state index in [0.717, 1.165) is 18.0 Å². The highest BCUT2D eigenvalue weighted by Gasteiger charge is 2.23. The van der Waals surface area contributed by atoms with Gasteiger partial charge in [-0.2, -0.15) is 0 Å². The van der Waals surface area contributed by atoms with E-state index in [4.69, 9.17) is 0 Å². The van der Waals surface area contributed by atoms with Crippen LogP contribution < -0.4 is 5.32 Å². The summed E-state index contributed by atoms with van der Waals surface area (Å²) in [5, 5.41) is 3.73. The lowest BCUT2D eigenvalue weighted by molar-refractivity contribution is 0.156. The van der Waals surface area contributed by atoms with Crippen molar-refractivity contribution in [2.75, 3.05) is 19.6 Å². The molecule has 1 saturated heterocycles. The summed E-state index contributed by atoms with van der Waals surface area (Å²) in [5.74, 6) is 0.959. The van der Waals surface area contributed by atoms with Gasteiger partial charge in [0.1, 0.15) is 0 Å². The van der Waals surface area contributed by atoms with Crippen molar-refractivity contribution in [3.8, 4) is 0 Å². The first-order chi connectivity index (χ1) is 8.71. The molecule has 0 aromatic carbocycles. The third-order valence-electron chi connectivity index (χ3n) is 4.65. The van der Waals surface area contributed by atoms with Crippen molar-refractivity contribution in [2.45, 2.75) is 78.3 Å². The number of nitrogens with zero attached hydrogens (tertiary/aromatic N) is 1. The van der Waals surface area contributed by atoms with Gasteiger partial charge in [-0.15, -0.1) is 0 Å². The first kappa shape index (κ1) is 16.0. The molecule has 0 aliphatic carbocycles. The second-order valence-electron chi connectivity index (χ2n) is 6.06. The number of rotatable bonds is 8. The Hall–Kier alpha value is -0.0800. The zero-order chi connectivity index (χ0) is 13.4. The zero-order valence-electron chi connectivity index (χ0n) is 13.0. The van der Waals surface area contributed by atoms with E-state index in [1.54, 1.807) is 0 Å². The molecule has 0 bridgehead atoms. The van der Waals surface area contributed by atoms with E-state index in [1.807, 2.05) is 0 Å². The van der Waals surface area contributed by atoms with Gasteiger partial charge in [0, 0.05) is 18.6 Å².